The van der Waals surface area contributed by atoms with Gasteiger partial charge in [-0.2, -0.15) is 0 Å². The molecule has 1 aromatic heterocycles. The average Bonchev–Trinajstić information content (AvgIpc) is 3.30. The maximum absolute atomic E-state index is 6.42. The maximum atomic E-state index is 6.42. The fourth-order valence-electron chi connectivity index (χ4n) is 7.10. The predicted octanol–water partition coefficient (Wildman–Crippen LogP) is 7.01. The van der Waals surface area contributed by atoms with E-state index in [1.54, 1.807) is 17.4 Å². The largest absolute Gasteiger partial charge is 0.494 e. The molecule has 0 aliphatic heterocycles. The minimum absolute atomic E-state index is 0.259. The summed E-state index contributed by atoms with van der Waals surface area (Å²) in [5, 5.41) is 8.67. The van der Waals surface area contributed by atoms with Gasteiger partial charge in [0.1, 0.15) is 29.5 Å². The summed E-state index contributed by atoms with van der Waals surface area (Å²) in [7, 11) is 1.67. The summed E-state index contributed by atoms with van der Waals surface area (Å²) >= 11 is 0. The minimum atomic E-state index is 0.259. The molecule has 0 unspecified atom stereocenters. The number of fused-ring (bicyclic) bond motifs is 3. The van der Waals surface area contributed by atoms with Gasteiger partial charge < -0.3 is 9.47 Å². The number of benzene rings is 2. The number of aromatic nitrogens is 3. The van der Waals surface area contributed by atoms with Crippen LogP contribution in [0.25, 0.3) is 5.69 Å². The molecular weight excluding hydrogens is 434 g/mol. The van der Waals surface area contributed by atoms with E-state index in [9.17, 15) is 0 Å². The van der Waals surface area contributed by atoms with Crippen molar-refractivity contribution in [2.75, 3.05) is 7.11 Å². The molecule has 1 fully saturated rings. The number of ether oxygens (including phenoxy) is 2. The molecule has 0 amide bonds. The summed E-state index contributed by atoms with van der Waals surface area (Å²) in [6.45, 7) is 12.5. The van der Waals surface area contributed by atoms with Crippen molar-refractivity contribution in [2.45, 2.75) is 84.7 Å². The van der Waals surface area contributed by atoms with Crippen LogP contribution in [-0.4, -0.2) is 22.1 Å². The average molecular weight is 474 g/mol. The van der Waals surface area contributed by atoms with Gasteiger partial charge in [0.05, 0.1) is 13.3 Å². The normalized spacial score (nSPS) is 23.0. The molecule has 5 nitrogen and oxygen atoms in total. The van der Waals surface area contributed by atoms with Gasteiger partial charge in [-0.05, 0) is 77.7 Å². The highest BCUT2D eigenvalue weighted by molar-refractivity contribution is 5.52. The lowest BCUT2D eigenvalue weighted by Crippen LogP contribution is -2.48. The third-order valence-corrected chi connectivity index (χ3v) is 8.67. The summed E-state index contributed by atoms with van der Waals surface area (Å²) in [6.07, 6.45) is 8.28. The molecule has 0 bridgehead atoms. The van der Waals surface area contributed by atoms with Crippen molar-refractivity contribution >= 4 is 0 Å². The zero-order valence-corrected chi connectivity index (χ0v) is 22.1. The zero-order chi connectivity index (χ0) is 24.8. The molecular formula is C30H39N3O2. The number of hydrogen-bond donors (Lipinski definition) is 0. The monoisotopic (exact) mass is 473 g/mol. The highest BCUT2D eigenvalue weighted by Gasteiger charge is 2.50. The van der Waals surface area contributed by atoms with E-state index in [2.05, 4.69) is 57.1 Å². The molecule has 1 heterocycles. The van der Waals surface area contributed by atoms with Gasteiger partial charge in [0.2, 0.25) is 0 Å². The molecule has 3 aromatic rings. The van der Waals surface area contributed by atoms with Crippen LogP contribution in [0.1, 0.15) is 88.6 Å². The predicted molar refractivity (Wildman–Crippen MR) is 140 cm³/mol. The molecule has 186 valence electrons. The first-order valence-electron chi connectivity index (χ1n) is 13.1. The first-order valence-corrected chi connectivity index (χ1v) is 13.1. The molecule has 0 radical (unpaired) electrons. The fraction of sp³-hybridized carbons (Fsp3) is 0.533. The van der Waals surface area contributed by atoms with Crippen molar-refractivity contribution in [3.63, 3.8) is 0 Å². The zero-order valence-electron chi connectivity index (χ0n) is 22.1. The second-order valence-corrected chi connectivity index (χ2v) is 11.6. The van der Waals surface area contributed by atoms with E-state index in [1.165, 1.54) is 36.8 Å². The van der Waals surface area contributed by atoms with Gasteiger partial charge in [0, 0.05) is 5.56 Å². The molecule has 2 aliphatic rings. The van der Waals surface area contributed by atoms with Crippen LogP contribution in [-0.2, 0) is 18.4 Å². The first kappa shape index (κ1) is 23.9. The molecule has 1 saturated carbocycles. The van der Waals surface area contributed by atoms with Crippen molar-refractivity contribution in [3.8, 4) is 17.2 Å². The summed E-state index contributed by atoms with van der Waals surface area (Å²) in [5.74, 6) is 2.90. The maximum Gasteiger partial charge on any atom is 0.144 e. The topological polar surface area (TPSA) is 49.2 Å². The van der Waals surface area contributed by atoms with Crippen LogP contribution in [0.2, 0.25) is 0 Å². The molecule has 2 aliphatic carbocycles. The van der Waals surface area contributed by atoms with Gasteiger partial charge in [0.15, 0.2) is 0 Å². The lowest BCUT2D eigenvalue weighted by molar-refractivity contribution is 0.0404. The van der Waals surface area contributed by atoms with E-state index in [0.717, 1.165) is 35.2 Å². The lowest BCUT2D eigenvalue weighted by Gasteiger charge is -2.54. The van der Waals surface area contributed by atoms with Crippen LogP contribution in [0.15, 0.2) is 42.6 Å². The molecule has 0 spiro atoms. The van der Waals surface area contributed by atoms with E-state index in [1.807, 2.05) is 30.5 Å². The smallest absolute Gasteiger partial charge is 0.144 e. The highest BCUT2D eigenvalue weighted by atomic mass is 16.5. The molecule has 2 aromatic carbocycles. The lowest BCUT2D eigenvalue weighted by atomic mass is 9.50. The minimum Gasteiger partial charge on any atom is -0.494 e. The van der Waals surface area contributed by atoms with Gasteiger partial charge in [-0.15, -0.1) is 5.10 Å². The van der Waals surface area contributed by atoms with Gasteiger partial charge in [-0.1, -0.05) is 64.5 Å². The van der Waals surface area contributed by atoms with E-state index in [4.69, 9.17) is 9.47 Å². The van der Waals surface area contributed by atoms with Crippen LogP contribution in [0, 0.1) is 11.3 Å². The van der Waals surface area contributed by atoms with Crippen LogP contribution in [0.4, 0.5) is 0 Å². The van der Waals surface area contributed by atoms with E-state index >= 15 is 0 Å². The van der Waals surface area contributed by atoms with Crippen molar-refractivity contribution < 1.29 is 9.47 Å². The summed E-state index contributed by atoms with van der Waals surface area (Å²) < 4.78 is 13.6. The Kier molecular flexibility index (Phi) is 6.14. The SMILES string of the molecule is COc1ccccc1-n1cc(COc2ccc3c(c2C(C)C)CC[C@H]2C(C)(C)CCC[C@]32C)nn1. The Labute approximate surface area is 209 Å². The molecule has 2 atom stereocenters. The first-order chi connectivity index (χ1) is 16.7. The van der Waals surface area contributed by atoms with Crippen LogP contribution >= 0.6 is 0 Å². The van der Waals surface area contributed by atoms with Crippen molar-refractivity contribution in [1.29, 1.82) is 0 Å². The van der Waals surface area contributed by atoms with Gasteiger partial charge in [-0.3, -0.25) is 0 Å². The number of methoxy groups -OCH3 is 1. The summed E-state index contributed by atoms with van der Waals surface area (Å²) in [5.41, 5.74) is 6.81. The molecule has 0 N–H and O–H groups in total. The van der Waals surface area contributed by atoms with Gasteiger partial charge >= 0.3 is 0 Å². The Morgan fingerprint density at radius 2 is 1.86 bits per heavy atom. The van der Waals surface area contributed by atoms with Crippen LogP contribution in [0.5, 0.6) is 11.5 Å². The van der Waals surface area contributed by atoms with E-state index in [-0.39, 0.29) is 5.41 Å². The molecule has 5 rings (SSSR count). The second-order valence-electron chi connectivity index (χ2n) is 11.6. The Bertz CT molecular complexity index is 1210. The standard InChI is InChI=1S/C30H39N3O2/c1-20(2)28-22-12-15-27-29(3,4)16-9-17-30(27,5)23(22)13-14-26(28)35-19-21-18-33(32-31-21)24-10-7-8-11-25(24)34-6/h7-8,10-11,13-14,18,20,27H,9,12,15-17,19H2,1-6H3/t27-,30+/m0/s1. The number of rotatable bonds is 6. The fourth-order valence-corrected chi connectivity index (χ4v) is 7.10. The Balaban J connectivity index is 1.42. The quantitative estimate of drug-likeness (QED) is 0.386. The van der Waals surface area contributed by atoms with Crippen LogP contribution in [0.3, 0.4) is 0 Å². The third-order valence-electron chi connectivity index (χ3n) is 8.67. The summed E-state index contributed by atoms with van der Waals surface area (Å²) in [4.78, 5) is 0. The Morgan fingerprint density at radius 3 is 2.63 bits per heavy atom. The van der Waals surface area contributed by atoms with Crippen LogP contribution < -0.4 is 9.47 Å². The van der Waals surface area contributed by atoms with E-state index < -0.39 is 0 Å². The third kappa shape index (κ3) is 4.13. The van der Waals surface area contributed by atoms with Crippen molar-refractivity contribution in [1.82, 2.24) is 15.0 Å². The highest BCUT2D eigenvalue weighted by Crippen LogP contribution is 2.58. The molecule has 0 saturated heterocycles. The second kappa shape index (κ2) is 9.00. The Morgan fingerprint density at radius 1 is 1.06 bits per heavy atom. The number of hydrogen-bond acceptors (Lipinski definition) is 4. The molecule has 35 heavy (non-hydrogen) atoms. The number of para-hydroxylation sites is 2. The van der Waals surface area contributed by atoms with Gasteiger partial charge in [-0.25, -0.2) is 4.68 Å². The Hall–Kier alpha value is -2.82. The number of nitrogens with zero attached hydrogens (tertiary/aromatic N) is 3. The van der Waals surface area contributed by atoms with Gasteiger partial charge in [0.25, 0.3) is 0 Å². The van der Waals surface area contributed by atoms with Crippen molar-refractivity contribution in [3.05, 3.63) is 65.0 Å². The van der Waals surface area contributed by atoms with Crippen molar-refractivity contribution in [2.24, 2.45) is 11.3 Å². The van der Waals surface area contributed by atoms with E-state index in [0.29, 0.717) is 17.9 Å². The molecule has 5 heteroatoms. The summed E-state index contributed by atoms with van der Waals surface area (Å²) in [6, 6.07) is 12.4.